The lowest BCUT2D eigenvalue weighted by Crippen LogP contribution is -2.27. The highest BCUT2D eigenvalue weighted by Crippen LogP contribution is 2.18. The van der Waals surface area contributed by atoms with E-state index >= 15 is 0 Å². The number of amides is 1. The molecule has 0 aliphatic rings. The van der Waals surface area contributed by atoms with Crippen molar-refractivity contribution < 1.29 is 4.79 Å². The molecule has 2 aromatic rings. The number of carbonyl (C=O) groups is 1. The molecule has 0 fully saturated rings. The van der Waals surface area contributed by atoms with Crippen molar-refractivity contribution in [1.82, 2.24) is 9.88 Å². The van der Waals surface area contributed by atoms with Crippen LogP contribution in [0.1, 0.15) is 21.6 Å². The van der Waals surface area contributed by atoms with E-state index in [0.717, 1.165) is 15.6 Å². The molecule has 4 nitrogen and oxygen atoms in total. The molecule has 104 valence electrons. The number of halogens is 1. The van der Waals surface area contributed by atoms with Crippen LogP contribution in [0.2, 0.25) is 0 Å². The summed E-state index contributed by atoms with van der Waals surface area (Å²) >= 11 is 3.48. The molecule has 0 saturated carbocycles. The van der Waals surface area contributed by atoms with Gasteiger partial charge in [-0.3, -0.25) is 9.78 Å². The van der Waals surface area contributed by atoms with Gasteiger partial charge in [0.15, 0.2) is 0 Å². The van der Waals surface area contributed by atoms with Crippen molar-refractivity contribution in [2.75, 3.05) is 7.05 Å². The standard InChI is InChI=1S/C15H16BrN3O/c1-19(10-12-4-2-3-5-13(12)16)15(20)14-7-6-11(8-17)9-18-14/h2-7,9H,8,10,17H2,1H3. The zero-order valence-electron chi connectivity index (χ0n) is 11.2. The first kappa shape index (κ1) is 14.7. The van der Waals surface area contributed by atoms with Gasteiger partial charge in [-0.1, -0.05) is 40.2 Å². The minimum Gasteiger partial charge on any atom is -0.336 e. The minimum atomic E-state index is -0.107. The summed E-state index contributed by atoms with van der Waals surface area (Å²) in [7, 11) is 1.76. The zero-order valence-corrected chi connectivity index (χ0v) is 12.8. The lowest BCUT2D eigenvalue weighted by atomic mass is 10.2. The molecule has 0 spiro atoms. The molecule has 0 saturated heterocycles. The molecule has 1 heterocycles. The van der Waals surface area contributed by atoms with Crippen LogP contribution in [0.5, 0.6) is 0 Å². The fourth-order valence-corrected chi connectivity index (χ4v) is 2.23. The van der Waals surface area contributed by atoms with Crippen molar-refractivity contribution in [2.45, 2.75) is 13.1 Å². The first-order chi connectivity index (χ1) is 9.61. The normalized spacial score (nSPS) is 10.3. The zero-order chi connectivity index (χ0) is 14.5. The number of aromatic nitrogens is 1. The SMILES string of the molecule is CN(Cc1ccccc1Br)C(=O)c1ccc(CN)cn1. The van der Waals surface area contributed by atoms with Crippen molar-refractivity contribution >= 4 is 21.8 Å². The fraction of sp³-hybridized carbons (Fsp3) is 0.200. The van der Waals surface area contributed by atoms with Crippen LogP contribution in [-0.2, 0) is 13.1 Å². The summed E-state index contributed by atoms with van der Waals surface area (Å²) in [6, 6.07) is 11.4. The number of hydrogen-bond donors (Lipinski definition) is 1. The van der Waals surface area contributed by atoms with Gasteiger partial charge in [0.1, 0.15) is 5.69 Å². The van der Waals surface area contributed by atoms with Crippen LogP contribution in [-0.4, -0.2) is 22.8 Å². The topological polar surface area (TPSA) is 59.2 Å². The third kappa shape index (κ3) is 3.43. The highest BCUT2D eigenvalue weighted by molar-refractivity contribution is 9.10. The van der Waals surface area contributed by atoms with Gasteiger partial charge in [-0.15, -0.1) is 0 Å². The van der Waals surface area contributed by atoms with Crippen molar-refractivity contribution in [3.63, 3.8) is 0 Å². The van der Waals surface area contributed by atoms with Gasteiger partial charge in [0.05, 0.1) is 0 Å². The van der Waals surface area contributed by atoms with E-state index in [1.54, 1.807) is 24.2 Å². The molecule has 0 aliphatic heterocycles. The maximum absolute atomic E-state index is 12.3. The summed E-state index contributed by atoms with van der Waals surface area (Å²) in [5.74, 6) is -0.107. The third-order valence-electron chi connectivity index (χ3n) is 2.99. The van der Waals surface area contributed by atoms with E-state index in [0.29, 0.717) is 18.8 Å². The van der Waals surface area contributed by atoms with Crippen LogP contribution in [0.15, 0.2) is 47.1 Å². The Bertz CT molecular complexity index is 598. The van der Waals surface area contributed by atoms with Crippen LogP contribution < -0.4 is 5.73 Å². The highest BCUT2D eigenvalue weighted by Gasteiger charge is 2.14. The van der Waals surface area contributed by atoms with Gasteiger partial charge in [-0.05, 0) is 23.3 Å². The van der Waals surface area contributed by atoms with Crippen LogP contribution in [0.3, 0.4) is 0 Å². The fourth-order valence-electron chi connectivity index (χ4n) is 1.82. The predicted molar refractivity (Wildman–Crippen MR) is 82.1 cm³/mol. The molecule has 0 aliphatic carbocycles. The van der Waals surface area contributed by atoms with E-state index in [-0.39, 0.29) is 5.91 Å². The predicted octanol–water partition coefficient (Wildman–Crippen LogP) is 2.58. The van der Waals surface area contributed by atoms with Crippen LogP contribution in [0.25, 0.3) is 0 Å². The smallest absolute Gasteiger partial charge is 0.272 e. The van der Waals surface area contributed by atoms with E-state index in [4.69, 9.17) is 5.73 Å². The molecule has 0 atom stereocenters. The van der Waals surface area contributed by atoms with Crippen molar-refractivity contribution in [3.05, 3.63) is 63.9 Å². The maximum atomic E-state index is 12.3. The number of pyridine rings is 1. The second-order valence-electron chi connectivity index (χ2n) is 4.51. The Morgan fingerprint density at radius 3 is 2.65 bits per heavy atom. The lowest BCUT2D eigenvalue weighted by molar-refractivity contribution is 0.0779. The van der Waals surface area contributed by atoms with E-state index in [9.17, 15) is 4.79 Å². The van der Waals surface area contributed by atoms with Gasteiger partial charge in [0.2, 0.25) is 0 Å². The van der Waals surface area contributed by atoms with E-state index in [1.807, 2.05) is 30.3 Å². The molecular weight excluding hydrogens is 318 g/mol. The van der Waals surface area contributed by atoms with Crippen molar-refractivity contribution in [1.29, 1.82) is 0 Å². The maximum Gasteiger partial charge on any atom is 0.272 e. The summed E-state index contributed by atoms with van der Waals surface area (Å²) in [5.41, 5.74) is 7.91. The first-order valence-corrected chi connectivity index (χ1v) is 7.05. The van der Waals surface area contributed by atoms with Gasteiger partial charge in [0.25, 0.3) is 5.91 Å². The average molecular weight is 334 g/mol. The minimum absolute atomic E-state index is 0.107. The Balaban J connectivity index is 2.10. The first-order valence-electron chi connectivity index (χ1n) is 6.25. The molecule has 0 radical (unpaired) electrons. The van der Waals surface area contributed by atoms with E-state index < -0.39 is 0 Å². The quantitative estimate of drug-likeness (QED) is 0.935. The molecule has 20 heavy (non-hydrogen) atoms. The number of rotatable bonds is 4. The van der Waals surface area contributed by atoms with Gasteiger partial charge >= 0.3 is 0 Å². The Morgan fingerprint density at radius 1 is 1.30 bits per heavy atom. The summed E-state index contributed by atoms with van der Waals surface area (Å²) < 4.78 is 0.992. The summed E-state index contributed by atoms with van der Waals surface area (Å²) in [6.07, 6.45) is 1.64. The average Bonchev–Trinajstić information content (AvgIpc) is 2.49. The Kier molecular flexibility index (Phi) is 4.87. The van der Waals surface area contributed by atoms with E-state index in [2.05, 4.69) is 20.9 Å². The van der Waals surface area contributed by atoms with Gasteiger partial charge in [-0.25, -0.2) is 0 Å². The van der Waals surface area contributed by atoms with Crippen LogP contribution >= 0.6 is 15.9 Å². The number of carbonyl (C=O) groups excluding carboxylic acids is 1. The second kappa shape index (κ2) is 6.63. The van der Waals surface area contributed by atoms with Gasteiger partial charge in [-0.2, -0.15) is 0 Å². The molecule has 1 amide bonds. The van der Waals surface area contributed by atoms with Crippen LogP contribution in [0, 0.1) is 0 Å². The molecule has 5 heteroatoms. The third-order valence-corrected chi connectivity index (χ3v) is 3.77. The molecule has 1 aromatic carbocycles. The summed E-state index contributed by atoms with van der Waals surface area (Å²) in [4.78, 5) is 18.1. The molecule has 1 aromatic heterocycles. The van der Waals surface area contributed by atoms with Gasteiger partial charge < -0.3 is 10.6 Å². The molecule has 2 N–H and O–H groups in total. The van der Waals surface area contributed by atoms with Gasteiger partial charge in [0, 0.05) is 30.8 Å². The van der Waals surface area contributed by atoms with E-state index in [1.165, 1.54) is 0 Å². The Hall–Kier alpha value is -1.72. The molecule has 0 bridgehead atoms. The van der Waals surface area contributed by atoms with Crippen molar-refractivity contribution in [3.8, 4) is 0 Å². The molecule has 2 rings (SSSR count). The number of benzene rings is 1. The van der Waals surface area contributed by atoms with Crippen molar-refractivity contribution in [2.24, 2.45) is 5.73 Å². The number of nitrogens with zero attached hydrogens (tertiary/aromatic N) is 2. The van der Waals surface area contributed by atoms with Crippen LogP contribution in [0.4, 0.5) is 0 Å². The molecular formula is C15H16BrN3O. The molecule has 0 unspecified atom stereocenters. The monoisotopic (exact) mass is 333 g/mol. The Morgan fingerprint density at radius 2 is 2.05 bits per heavy atom. The lowest BCUT2D eigenvalue weighted by Gasteiger charge is -2.17. The Labute approximate surface area is 126 Å². The highest BCUT2D eigenvalue weighted by atomic mass is 79.9. The summed E-state index contributed by atoms with van der Waals surface area (Å²) in [6.45, 7) is 0.953. The largest absolute Gasteiger partial charge is 0.336 e. The number of nitrogens with two attached hydrogens (primary N) is 1. The number of hydrogen-bond acceptors (Lipinski definition) is 3. The summed E-state index contributed by atoms with van der Waals surface area (Å²) in [5, 5.41) is 0. The second-order valence-corrected chi connectivity index (χ2v) is 5.36.